The number of carbonyl (C=O) groups excluding carboxylic acids is 1. The van der Waals surface area contributed by atoms with E-state index in [1.807, 2.05) is 41.8 Å². The smallest absolute Gasteiger partial charge is 0.254 e. The molecule has 1 saturated heterocycles. The summed E-state index contributed by atoms with van der Waals surface area (Å²) in [6, 6.07) is 5.84. The third kappa shape index (κ3) is 3.05. The zero-order valence-corrected chi connectivity index (χ0v) is 12.5. The van der Waals surface area contributed by atoms with Crippen LogP contribution < -0.4 is 0 Å². The number of carbonyl (C=O) groups is 1. The molecule has 0 N–H and O–H groups in total. The van der Waals surface area contributed by atoms with Crippen molar-refractivity contribution in [2.45, 2.75) is 19.1 Å². The lowest BCUT2D eigenvalue weighted by Gasteiger charge is -2.31. The summed E-state index contributed by atoms with van der Waals surface area (Å²) in [5, 5.41) is 0.545. The maximum atomic E-state index is 12.4. The van der Waals surface area contributed by atoms with Crippen LogP contribution in [-0.2, 0) is 0 Å². The van der Waals surface area contributed by atoms with Crippen LogP contribution >= 0.6 is 27.7 Å². The number of benzene rings is 1. The molecule has 0 saturated carbocycles. The Morgan fingerprint density at radius 1 is 1.53 bits per heavy atom. The van der Waals surface area contributed by atoms with Gasteiger partial charge in [0.1, 0.15) is 0 Å². The molecule has 1 unspecified atom stereocenters. The van der Waals surface area contributed by atoms with E-state index in [9.17, 15) is 4.79 Å². The van der Waals surface area contributed by atoms with Crippen LogP contribution in [-0.4, -0.2) is 34.9 Å². The molecule has 0 spiro atoms. The Morgan fingerprint density at radius 2 is 2.29 bits per heavy atom. The number of amides is 1. The van der Waals surface area contributed by atoms with Crippen LogP contribution in [0.2, 0.25) is 0 Å². The third-order valence-corrected chi connectivity index (χ3v) is 4.58. The van der Waals surface area contributed by atoms with Crippen molar-refractivity contribution >= 4 is 33.6 Å². The summed E-state index contributed by atoms with van der Waals surface area (Å²) in [5.41, 5.74) is 1.86. The van der Waals surface area contributed by atoms with Crippen molar-refractivity contribution < 1.29 is 4.79 Å². The predicted octanol–water partition coefficient (Wildman–Crippen LogP) is 3.34. The number of halogens is 1. The van der Waals surface area contributed by atoms with E-state index >= 15 is 0 Å². The molecule has 4 heteroatoms. The standard InChI is InChI=1S/C13H16BrNOS/c1-9-7-11(14)3-4-12(9)13(16)15-5-6-17-10(2)8-15/h3-4,7,10H,5-6,8H2,1-2H3. The number of hydrogen-bond acceptors (Lipinski definition) is 2. The van der Waals surface area contributed by atoms with E-state index < -0.39 is 0 Å². The van der Waals surface area contributed by atoms with Crippen molar-refractivity contribution in [3.8, 4) is 0 Å². The Labute approximate surface area is 115 Å². The van der Waals surface area contributed by atoms with Crippen molar-refractivity contribution in [2.24, 2.45) is 0 Å². The first kappa shape index (κ1) is 13.0. The van der Waals surface area contributed by atoms with Crippen molar-refractivity contribution in [3.63, 3.8) is 0 Å². The number of nitrogens with zero attached hydrogens (tertiary/aromatic N) is 1. The molecule has 92 valence electrons. The Kier molecular flexibility index (Phi) is 4.15. The minimum Gasteiger partial charge on any atom is -0.337 e. The summed E-state index contributed by atoms with van der Waals surface area (Å²) >= 11 is 5.36. The second-order valence-corrected chi connectivity index (χ2v) is 6.85. The summed E-state index contributed by atoms with van der Waals surface area (Å²) in [6.07, 6.45) is 0. The fraction of sp³-hybridized carbons (Fsp3) is 0.462. The number of rotatable bonds is 1. The lowest BCUT2D eigenvalue weighted by atomic mass is 10.1. The molecule has 1 heterocycles. The van der Waals surface area contributed by atoms with E-state index in [4.69, 9.17) is 0 Å². The summed E-state index contributed by atoms with van der Waals surface area (Å²) in [4.78, 5) is 14.3. The Morgan fingerprint density at radius 3 is 2.94 bits per heavy atom. The lowest BCUT2D eigenvalue weighted by molar-refractivity contribution is 0.0762. The Balaban J connectivity index is 2.18. The number of thioether (sulfide) groups is 1. The fourth-order valence-electron chi connectivity index (χ4n) is 2.04. The molecule has 1 aromatic rings. The highest BCUT2D eigenvalue weighted by atomic mass is 79.9. The fourth-order valence-corrected chi connectivity index (χ4v) is 3.53. The molecule has 2 rings (SSSR count). The van der Waals surface area contributed by atoms with E-state index in [0.29, 0.717) is 5.25 Å². The number of hydrogen-bond donors (Lipinski definition) is 0. The highest BCUT2D eigenvalue weighted by Crippen LogP contribution is 2.22. The Bertz CT molecular complexity index is 435. The molecular weight excluding hydrogens is 298 g/mol. The van der Waals surface area contributed by atoms with Gasteiger partial charge >= 0.3 is 0 Å². The van der Waals surface area contributed by atoms with Gasteiger partial charge in [0.15, 0.2) is 0 Å². The second-order valence-electron chi connectivity index (χ2n) is 4.39. The average molecular weight is 314 g/mol. The summed E-state index contributed by atoms with van der Waals surface area (Å²) < 4.78 is 1.02. The van der Waals surface area contributed by atoms with E-state index in [0.717, 1.165) is 34.4 Å². The van der Waals surface area contributed by atoms with Gasteiger partial charge in [0, 0.05) is 34.1 Å². The van der Waals surface area contributed by atoms with Crippen LogP contribution in [0.3, 0.4) is 0 Å². The maximum Gasteiger partial charge on any atom is 0.254 e. The molecule has 1 amide bonds. The van der Waals surface area contributed by atoms with Gasteiger partial charge in [0.05, 0.1) is 0 Å². The van der Waals surface area contributed by atoms with Gasteiger partial charge in [-0.15, -0.1) is 0 Å². The van der Waals surface area contributed by atoms with Crippen LogP contribution in [0.5, 0.6) is 0 Å². The molecule has 2 nitrogen and oxygen atoms in total. The van der Waals surface area contributed by atoms with Gasteiger partial charge in [-0.25, -0.2) is 0 Å². The summed E-state index contributed by atoms with van der Waals surface area (Å²) in [6.45, 7) is 5.89. The van der Waals surface area contributed by atoms with E-state index in [-0.39, 0.29) is 5.91 Å². The highest BCUT2D eigenvalue weighted by molar-refractivity contribution is 9.10. The Hall–Kier alpha value is -0.480. The van der Waals surface area contributed by atoms with Crippen LogP contribution in [0.1, 0.15) is 22.8 Å². The van der Waals surface area contributed by atoms with Gasteiger partial charge in [0.25, 0.3) is 5.91 Å². The first-order valence-electron chi connectivity index (χ1n) is 5.75. The van der Waals surface area contributed by atoms with Crippen LogP contribution in [0.15, 0.2) is 22.7 Å². The zero-order chi connectivity index (χ0) is 12.4. The first-order valence-corrected chi connectivity index (χ1v) is 7.59. The summed E-state index contributed by atoms with van der Waals surface area (Å²) in [5.74, 6) is 1.21. The monoisotopic (exact) mass is 313 g/mol. The summed E-state index contributed by atoms with van der Waals surface area (Å²) in [7, 11) is 0. The molecule has 0 radical (unpaired) electrons. The van der Waals surface area contributed by atoms with Gasteiger partial charge in [-0.05, 0) is 30.7 Å². The normalized spacial score (nSPS) is 20.4. The predicted molar refractivity (Wildman–Crippen MR) is 76.7 cm³/mol. The van der Waals surface area contributed by atoms with Gasteiger partial charge < -0.3 is 4.90 Å². The van der Waals surface area contributed by atoms with Crippen LogP contribution in [0.4, 0.5) is 0 Å². The van der Waals surface area contributed by atoms with Crippen LogP contribution in [0, 0.1) is 6.92 Å². The molecule has 0 bridgehead atoms. The molecule has 1 aliphatic rings. The SMILES string of the molecule is Cc1cc(Br)ccc1C(=O)N1CCSC(C)C1. The minimum absolute atomic E-state index is 0.169. The number of aryl methyl sites for hydroxylation is 1. The van der Waals surface area contributed by atoms with Crippen molar-refractivity contribution in [1.82, 2.24) is 4.90 Å². The van der Waals surface area contributed by atoms with Crippen molar-refractivity contribution in [3.05, 3.63) is 33.8 Å². The van der Waals surface area contributed by atoms with E-state index in [1.54, 1.807) is 0 Å². The molecule has 1 atom stereocenters. The van der Waals surface area contributed by atoms with E-state index in [1.165, 1.54) is 0 Å². The average Bonchev–Trinajstić information content (AvgIpc) is 2.28. The van der Waals surface area contributed by atoms with Crippen molar-refractivity contribution in [1.29, 1.82) is 0 Å². The zero-order valence-electron chi connectivity index (χ0n) is 10.1. The van der Waals surface area contributed by atoms with Crippen LogP contribution in [0.25, 0.3) is 0 Å². The van der Waals surface area contributed by atoms with Gasteiger partial charge in [-0.3, -0.25) is 4.79 Å². The molecular formula is C13H16BrNOS. The minimum atomic E-state index is 0.169. The lowest BCUT2D eigenvalue weighted by Crippen LogP contribution is -2.41. The topological polar surface area (TPSA) is 20.3 Å². The molecule has 1 fully saturated rings. The van der Waals surface area contributed by atoms with Crippen molar-refractivity contribution in [2.75, 3.05) is 18.8 Å². The first-order chi connectivity index (χ1) is 8.08. The third-order valence-electron chi connectivity index (χ3n) is 2.95. The molecule has 17 heavy (non-hydrogen) atoms. The maximum absolute atomic E-state index is 12.4. The molecule has 1 aromatic carbocycles. The second kappa shape index (κ2) is 5.44. The molecule has 0 aliphatic carbocycles. The van der Waals surface area contributed by atoms with Gasteiger partial charge in [0.2, 0.25) is 0 Å². The van der Waals surface area contributed by atoms with E-state index in [2.05, 4.69) is 22.9 Å². The molecule has 0 aromatic heterocycles. The quantitative estimate of drug-likeness (QED) is 0.792. The van der Waals surface area contributed by atoms with Gasteiger partial charge in [-0.1, -0.05) is 22.9 Å². The largest absolute Gasteiger partial charge is 0.337 e. The molecule has 1 aliphatic heterocycles. The van der Waals surface area contributed by atoms with Gasteiger partial charge in [-0.2, -0.15) is 11.8 Å². The highest BCUT2D eigenvalue weighted by Gasteiger charge is 2.23.